The second-order valence-corrected chi connectivity index (χ2v) is 5.61. The van der Waals surface area contributed by atoms with E-state index in [-0.39, 0.29) is 18.1 Å². The molecule has 0 spiro atoms. The Kier molecular flexibility index (Phi) is 5.28. The molecule has 0 bridgehead atoms. The van der Waals surface area contributed by atoms with Crippen LogP contribution in [0.25, 0.3) is 0 Å². The number of aromatic nitrogens is 2. The van der Waals surface area contributed by atoms with Crippen molar-refractivity contribution in [2.75, 3.05) is 0 Å². The maximum absolute atomic E-state index is 13.5. The molecule has 2 rings (SSSR count). The highest BCUT2D eigenvalue weighted by Crippen LogP contribution is 2.26. The predicted molar refractivity (Wildman–Crippen MR) is 81.1 cm³/mol. The summed E-state index contributed by atoms with van der Waals surface area (Å²) in [6, 6.07) is 3.01. The zero-order valence-electron chi connectivity index (χ0n) is 13.1. The van der Waals surface area contributed by atoms with E-state index in [1.54, 1.807) is 0 Å². The van der Waals surface area contributed by atoms with Crippen molar-refractivity contribution in [2.45, 2.75) is 26.3 Å². The van der Waals surface area contributed by atoms with Crippen molar-refractivity contribution in [3.05, 3.63) is 52.5 Å². The summed E-state index contributed by atoms with van der Waals surface area (Å²) in [6.45, 7) is 3.64. The van der Waals surface area contributed by atoms with Gasteiger partial charge >= 0.3 is 5.97 Å². The van der Waals surface area contributed by atoms with Crippen molar-refractivity contribution in [3.8, 4) is 11.5 Å². The average molecular weight is 338 g/mol. The Morgan fingerprint density at radius 3 is 2.46 bits per heavy atom. The normalized spacial score (nSPS) is 12.2. The highest BCUT2D eigenvalue weighted by molar-refractivity contribution is 5.71. The Hall–Kier alpha value is -2.77. The first-order chi connectivity index (χ1) is 11.3. The van der Waals surface area contributed by atoms with E-state index in [0.29, 0.717) is 0 Å². The van der Waals surface area contributed by atoms with Crippen molar-refractivity contribution in [2.24, 2.45) is 5.92 Å². The van der Waals surface area contributed by atoms with Gasteiger partial charge in [0.25, 0.3) is 5.56 Å². The molecule has 6 nitrogen and oxygen atoms in total. The van der Waals surface area contributed by atoms with E-state index in [0.717, 1.165) is 29.1 Å². The van der Waals surface area contributed by atoms with E-state index in [1.807, 2.05) is 13.8 Å². The van der Waals surface area contributed by atoms with Crippen LogP contribution in [0.15, 0.2) is 35.3 Å². The molecule has 1 heterocycles. The van der Waals surface area contributed by atoms with Crippen molar-refractivity contribution in [1.82, 2.24) is 9.78 Å². The molecule has 8 heteroatoms. The summed E-state index contributed by atoms with van der Waals surface area (Å²) >= 11 is 0. The minimum absolute atomic E-state index is 0.0308. The van der Waals surface area contributed by atoms with Gasteiger partial charge in [0.15, 0.2) is 29.2 Å². The van der Waals surface area contributed by atoms with Gasteiger partial charge in [-0.1, -0.05) is 19.9 Å². The Bertz CT molecular complexity index is 785. The third kappa shape index (κ3) is 3.95. The number of hydrogen-bond acceptors (Lipinski definition) is 4. The first-order valence-corrected chi connectivity index (χ1v) is 7.23. The largest absolute Gasteiger partial charge is 0.480 e. The third-order valence-corrected chi connectivity index (χ3v) is 3.21. The molecule has 0 fully saturated rings. The Morgan fingerprint density at radius 2 is 1.96 bits per heavy atom. The van der Waals surface area contributed by atoms with Crippen LogP contribution >= 0.6 is 0 Å². The minimum atomic E-state index is -1.19. The minimum Gasteiger partial charge on any atom is -0.480 e. The molecule has 1 N–H and O–H groups in total. The Labute approximate surface area is 136 Å². The SMILES string of the molecule is CC(C)CC(C(=O)O)n1ncc(Oc2c(F)cccc2F)cc1=O. The molecule has 1 atom stereocenters. The van der Waals surface area contributed by atoms with Crippen LogP contribution in [-0.2, 0) is 4.79 Å². The van der Waals surface area contributed by atoms with Crippen LogP contribution in [-0.4, -0.2) is 20.9 Å². The molecule has 0 amide bonds. The molecule has 0 aliphatic carbocycles. The third-order valence-electron chi connectivity index (χ3n) is 3.21. The van der Waals surface area contributed by atoms with Crippen molar-refractivity contribution in [3.63, 3.8) is 0 Å². The first-order valence-electron chi connectivity index (χ1n) is 7.23. The van der Waals surface area contributed by atoms with Gasteiger partial charge in [-0.05, 0) is 24.5 Å². The monoisotopic (exact) mass is 338 g/mol. The summed E-state index contributed by atoms with van der Waals surface area (Å²) in [5.74, 6) is -3.86. The van der Waals surface area contributed by atoms with Crippen LogP contribution in [0.2, 0.25) is 0 Å². The predicted octanol–water partition coefficient (Wildman–Crippen LogP) is 2.99. The lowest BCUT2D eigenvalue weighted by atomic mass is 10.0. The number of carbonyl (C=O) groups is 1. The standard InChI is InChI=1S/C16H16F2N2O4/c1-9(2)6-13(16(22)23)20-14(21)7-10(8-19-20)24-15-11(17)4-3-5-12(15)18/h3-5,7-9,13H,6H2,1-2H3,(H,22,23). The van der Waals surface area contributed by atoms with Crippen molar-refractivity contribution in [1.29, 1.82) is 0 Å². The molecule has 1 unspecified atom stereocenters. The lowest BCUT2D eigenvalue weighted by Gasteiger charge is -2.16. The van der Waals surface area contributed by atoms with Gasteiger partial charge in [0.1, 0.15) is 0 Å². The molecular formula is C16H16F2N2O4. The molecule has 0 saturated carbocycles. The molecule has 1 aromatic carbocycles. The molecule has 24 heavy (non-hydrogen) atoms. The van der Waals surface area contributed by atoms with Crippen LogP contribution in [0.4, 0.5) is 8.78 Å². The quantitative estimate of drug-likeness (QED) is 0.876. The lowest BCUT2D eigenvalue weighted by molar-refractivity contribution is -0.141. The van der Waals surface area contributed by atoms with Gasteiger partial charge in [-0.15, -0.1) is 0 Å². The Morgan fingerprint density at radius 1 is 1.33 bits per heavy atom. The fourth-order valence-corrected chi connectivity index (χ4v) is 2.14. The topological polar surface area (TPSA) is 81.4 Å². The van der Waals surface area contributed by atoms with Crippen LogP contribution in [0.3, 0.4) is 0 Å². The molecule has 1 aromatic heterocycles. The summed E-state index contributed by atoms with van der Waals surface area (Å²) < 4.78 is 32.9. The van der Waals surface area contributed by atoms with Gasteiger partial charge in [0.05, 0.1) is 6.20 Å². The lowest BCUT2D eigenvalue weighted by Crippen LogP contribution is -2.32. The van der Waals surface area contributed by atoms with Gasteiger partial charge < -0.3 is 9.84 Å². The van der Waals surface area contributed by atoms with Gasteiger partial charge in [0.2, 0.25) is 0 Å². The summed E-state index contributed by atoms with van der Waals surface area (Å²) in [5.41, 5.74) is -0.739. The molecule has 0 aliphatic rings. The van der Waals surface area contributed by atoms with E-state index in [2.05, 4.69) is 5.10 Å². The number of halogens is 2. The number of nitrogens with zero attached hydrogens (tertiary/aromatic N) is 2. The second-order valence-electron chi connectivity index (χ2n) is 5.61. The van der Waals surface area contributed by atoms with Crippen LogP contribution in [0, 0.1) is 17.6 Å². The molecule has 0 saturated heterocycles. The van der Waals surface area contributed by atoms with Crippen LogP contribution in [0.1, 0.15) is 26.3 Å². The fraction of sp³-hybridized carbons (Fsp3) is 0.312. The molecule has 128 valence electrons. The summed E-state index contributed by atoms with van der Waals surface area (Å²) in [7, 11) is 0. The average Bonchev–Trinajstić information content (AvgIpc) is 2.49. The van der Waals surface area contributed by atoms with E-state index in [1.165, 1.54) is 6.07 Å². The zero-order chi connectivity index (χ0) is 17.9. The summed E-state index contributed by atoms with van der Waals surface area (Å²) in [6.07, 6.45) is 1.26. The second kappa shape index (κ2) is 7.20. The number of para-hydroxylation sites is 1. The summed E-state index contributed by atoms with van der Waals surface area (Å²) in [4.78, 5) is 23.4. The van der Waals surface area contributed by atoms with E-state index >= 15 is 0 Å². The summed E-state index contributed by atoms with van der Waals surface area (Å²) in [5, 5.41) is 13.0. The van der Waals surface area contributed by atoms with Gasteiger partial charge in [0, 0.05) is 6.07 Å². The number of benzene rings is 1. The van der Waals surface area contributed by atoms with Crippen LogP contribution < -0.4 is 10.3 Å². The van der Waals surface area contributed by atoms with E-state index in [9.17, 15) is 23.5 Å². The number of carboxylic acids is 1. The number of hydrogen-bond donors (Lipinski definition) is 1. The first kappa shape index (κ1) is 17.6. The van der Waals surface area contributed by atoms with E-state index in [4.69, 9.17) is 4.74 Å². The van der Waals surface area contributed by atoms with E-state index < -0.39 is 35.0 Å². The number of rotatable bonds is 6. The highest BCUT2D eigenvalue weighted by Gasteiger charge is 2.23. The van der Waals surface area contributed by atoms with Crippen molar-refractivity contribution >= 4 is 5.97 Å². The highest BCUT2D eigenvalue weighted by atomic mass is 19.1. The molecule has 0 radical (unpaired) electrons. The Balaban J connectivity index is 2.33. The van der Waals surface area contributed by atoms with Crippen molar-refractivity contribution < 1.29 is 23.4 Å². The maximum Gasteiger partial charge on any atom is 0.328 e. The molecule has 2 aromatic rings. The smallest absolute Gasteiger partial charge is 0.328 e. The number of ether oxygens (including phenoxy) is 1. The van der Waals surface area contributed by atoms with Gasteiger partial charge in [-0.3, -0.25) is 4.79 Å². The van der Waals surface area contributed by atoms with Gasteiger partial charge in [-0.2, -0.15) is 5.10 Å². The maximum atomic E-state index is 13.5. The van der Waals surface area contributed by atoms with Crippen LogP contribution in [0.5, 0.6) is 11.5 Å². The zero-order valence-corrected chi connectivity index (χ0v) is 13.1. The fourth-order valence-electron chi connectivity index (χ4n) is 2.14. The molecular weight excluding hydrogens is 322 g/mol. The molecule has 0 aliphatic heterocycles. The van der Waals surface area contributed by atoms with Gasteiger partial charge in [-0.25, -0.2) is 18.3 Å². The number of carboxylic acid groups (broad SMARTS) is 1. The number of aliphatic carboxylic acids is 1.